The molecule has 30 heavy (non-hydrogen) atoms. The SMILES string of the molecule is CCc1c(C)nc2n(c1=O)CC(C(=O)N1CCN(c3cc(C)ccc3C)CC1)CS2. The van der Waals surface area contributed by atoms with Crippen LogP contribution in [0.5, 0.6) is 0 Å². The van der Waals surface area contributed by atoms with Gasteiger partial charge in [-0.05, 0) is 44.4 Å². The Kier molecular flexibility index (Phi) is 5.91. The largest absolute Gasteiger partial charge is 0.368 e. The van der Waals surface area contributed by atoms with Gasteiger partial charge in [-0.1, -0.05) is 30.8 Å². The Morgan fingerprint density at radius 1 is 1.17 bits per heavy atom. The van der Waals surface area contributed by atoms with Crippen LogP contribution in [0.2, 0.25) is 0 Å². The molecule has 2 aromatic rings. The minimum absolute atomic E-state index is 0.0183. The lowest BCUT2D eigenvalue weighted by atomic mass is 10.1. The van der Waals surface area contributed by atoms with Gasteiger partial charge in [-0.2, -0.15) is 0 Å². The molecule has 160 valence electrons. The Bertz CT molecular complexity index is 1020. The second kappa shape index (κ2) is 8.46. The average Bonchev–Trinajstić information content (AvgIpc) is 2.75. The highest BCUT2D eigenvalue weighted by Crippen LogP contribution is 2.28. The van der Waals surface area contributed by atoms with E-state index in [9.17, 15) is 9.59 Å². The number of hydrogen-bond donors (Lipinski definition) is 0. The van der Waals surface area contributed by atoms with Crippen molar-refractivity contribution in [3.63, 3.8) is 0 Å². The number of aromatic nitrogens is 2. The summed E-state index contributed by atoms with van der Waals surface area (Å²) in [6.07, 6.45) is 0.668. The van der Waals surface area contributed by atoms with Gasteiger partial charge in [0.05, 0.1) is 5.92 Å². The zero-order valence-electron chi connectivity index (χ0n) is 18.3. The third-order valence-corrected chi connectivity index (χ3v) is 7.39. The Morgan fingerprint density at radius 2 is 1.90 bits per heavy atom. The zero-order valence-corrected chi connectivity index (χ0v) is 19.1. The summed E-state index contributed by atoms with van der Waals surface area (Å²) < 4.78 is 1.72. The first kappa shape index (κ1) is 21.0. The monoisotopic (exact) mass is 426 g/mol. The van der Waals surface area contributed by atoms with E-state index in [1.807, 2.05) is 18.7 Å². The lowest BCUT2D eigenvalue weighted by Crippen LogP contribution is -2.52. The number of piperazine rings is 1. The van der Waals surface area contributed by atoms with E-state index in [1.54, 1.807) is 4.57 Å². The van der Waals surface area contributed by atoms with E-state index in [0.717, 1.165) is 42.6 Å². The number of amides is 1. The van der Waals surface area contributed by atoms with Crippen LogP contribution in [-0.2, 0) is 17.8 Å². The number of hydrogen-bond acceptors (Lipinski definition) is 5. The van der Waals surface area contributed by atoms with Crippen LogP contribution in [0.25, 0.3) is 0 Å². The number of rotatable bonds is 3. The Morgan fingerprint density at radius 3 is 2.60 bits per heavy atom. The molecule has 0 radical (unpaired) electrons. The first-order valence-electron chi connectivity index (χ1n) is 10.7. The molecule has 2 aliphatic rings. The normalized spacial score (nSPS) is 19.0. The van der Waals surface area contributed by atoms with Crippen molar-refractivity contribution in [2.24, 2.45) is 5.92 Å². The number of benzene rings is 1. The molecule has 1 aromatic heterocycles. The summed E-state index contributed by atoms with van der Waals surface area (Å²) in [5, 5.41) is 0.749. The molecule has 2 aliphatic heterocycles. The summed E-state index contributed by atoms with van der Waals surface area (Å²) in [6, 6.07) is 6.53. The van der Waals surface area contributed by atoms with Crippen LogP contribution in [0.4, 0.5) is 5.69 Å². The molecule has 1 fully saturated rings. The second-order valence-corrected chi connectivity index (χ2v) is 9.33. The first-order chi connectivity index (χ1) is 14.4. The fraction of sp³-hybridized carbons (Fsp3) is 0.522. The minimum atomic E-state index is -0.165. The number of thioether (sulfide) groups is 1. The first-order valence-corrected chi connectivity index (χ1v) is 11.7. The van der Waals surface area contributed by atoms with E-state index in [4.69, 9.17) is 0 Å². The molecule has 1 aromatic carbocycles. The predicted molar refractivity (Wildman–Crippen MR) is 122 cm³/mol. The molecule has 0 aliphatic carbocycles. The van der Waals surface area contributed by atoms with Crippen molar-refractivity contribution in [1.82, 2.24) is 14.5 Å². The summed E-state index contributed by atoms with van der Waals surface area (Å²) in [5.74, 6) is 0.689. The molecular weight excluding hydrogens is 396 g/mol. The van der Waals surface area contributed by atoms with E-state index in [-0.39, 0.29) is 17.4 Å². The van der Waals surface area contributed by atoms with Gasteiger partial charge in [-0.25, -0.2) is 4.98 Å². The van der Waals surface area contributed by atoms with Crippen molar-refractivity contribution in [3.8, 4) is 0 Å². The summed E-state index contributed by atoms with van der Waals surface area (Å²) in [7, 11) is 0. The molecule has 1 saturated heterocycles. The molecule has 0 bridgehead atoms. The summed E-state index contributed by atoms with van der Waals surface area (Å²) in [4.78, 5) is 35.0. The van der Waals surface area contributed by atoms with Crippen molar-refractivity contribution in [1.29, 1.82) is 0 Å². The molecule has 7 heteroatoms. The van der Waals surface area contributed by atoms with E-state index in [0.29, 0.717) is 18.7 Å². The van der Waals surface area contributed by atoms with Crippen LogP contribution < -0.4 is 10.5 Å². The Labute approximate surface area is 182 Å². The third kappa shape index (κ3) is 3.87. The van der Waals surface area contributed by atoms with Crippen LogP contribution in [-0.4, -0.2) is 52.3 Å². The standard InChI is InChI=1S/C23H30N4O2S/c1-5-19-17(4)24-23-27(22(19)29)13-18(14-30-23)21(28)26-10-8-25(9-11-26)20-12-15(2)6-7-16(20)3/h6-7,12,18H,5,8-11,13-14H2,1-4H3. The lowest BCUT2D eigenvalue weighted by molar-refractivity contribution is -0.135. The topological polar surface area (TPSA) is 58.4 Å². The Hall–Kier alpha value is -2.28. The van der Waals surface area contributed by atoms with Gasteiger partial charge in [0.15, 0.2) is 5.16 Å². The van der Waals surface area contributed by atoms with Crippen molar-refractivity contribution in [2.45, 2.75) is 45.8 Å². The maximum Gasteiger partial charge on any atom is 0.257 e. The zero-order chi connectivity index (χ0) is 21.4. The fourth-order valence-corrected chi connectivity index (χ4v) is 5.55. The highest BCUT2D eigenvalue weighted by Gasteiger charge is 2.32. The highest BCUT2D eigenvalue weighted by atomic mass is 32.2. The van der Waals surface area contributed by atoms with Gasteiger partial charge in [0.25, 0.3) is 5.56 Å². The highest BCUT2D eigenvalue weighted by molar-refractivity contribution is 7.99. The van der Waals surface area contributed by atoms with Gasteiger partial charge >= 0.3 is 0 Å². The van der Waals surface area contributed by atoms with E-state index >= 15 is 0 Å². The van der Waals surface area contributed by atoms with E-state index in [1.165, 1.54) is 28.6 Å². The number of carbonyl (C=O) groups excluding carboxylic acids is 1. The fourth-order valence-electron chi connectivity index (χ4n) is 4.44. The van der Waals surface area contributed by atoms with Crippen LogP contribution >= 0.6 is 11.8 Å². The van der Waals surface area contributed by atoms with Crippen LogP contribution in [0, 0.1) is 26.7 Å². The molecule has 1 unspecified atom stereocenters. The van der Waals surface area contributed by atoms with Gasteiger partial charge in [0.2, 0.25) is 5.91 Å². The molecule has 6 nitrogen and oxygen atoms in total. The number of nitrogens with zero attached hydrogens (tertiary/aromatic N) is 4. The number of carbonyl (C=O) groups is 1. The van der Waals surface area contributed by atoms with Crippen molar-refractivity contribution in [2.75, 3.05) is 36.8 Å². The number of fused-ring (bicyclic) bond motifs is 1. The van der Waals surface area contributed by atoms with E-state index < -0.39 is 0 Å². The van der Waals surface area contributed by atoms with Gasteiger partial charge in [-0.15, -0.1) is 0 Å². The molecule has 1 amide bonds. The van der Waals surface area contributed by atoms with E-state index in [2.05, 4.69) is 41.9 Å². The van der Waals surface area contributed by atoms with Gasteiger partial charge in [0, 0.05) is 55.4 Å². The lowest BCUT2D eigenvalue weighted by Gasteiger charge is -2.39. The van der Waals surface area contributed by atoms with Gasteiger partial charge < -0.3 is 9.80 Å². The number of anilines is 1. The summed E-state index contributed by atoms with van der Waals surface area (Å²) in [6.45, 7) is 11.7. The maximum absolute atomic E-state index is 13.2. The molecule has 3 heterocycles. The smallest absolute Gasteiger partial charge is 0.257 e. The van der Waals surface area contributed by atoms with Crippen molar-refractivity contribution < 1.29 is 4.79 Å². The van der Waals surface area contributed by atoms with Crippen LogP contribution in [0.1, 0.15) is 29.3 Å². The minimum Gasteiger partial charge on any atom is -0.368 e. The molecule has 0 saturated carbocycles. The molecule has 4 rings (SSSR count). The van der Waals surface area contributed by atoms with Crippen molar-refractivity contribution in [3.05, 3.63) is 50.9 Å². The van der Waals surface area contributed by atoms with Crippen LogP contribution in [0.15, 0.2) is 28.2 Å². The van der Waals surface area contributed by atoms with Gasteiger partial charge in [-0.3, -0.25) is 14.2 Å². The Balaban J connectivity index is 1.44. The maximum atomic E-state index is 13.2. The van der Waals surface area contributed by atoms with Gasteiger partial charge in [0.1, 0.15) is 0 Å². The summed E-state index contributed by atoms with van der Waals surface area (Å²) in [5.41, 5.74) is 5.39. The van der Waals surface area contributed by atoms with Crippen molar-refractivity contribution >= 4 is 23.4 Å². The molecule has 0 spiro atoms. The summed E-state index contributed by atoms with van der Waals surface area (Å²) >= 11 is 1.53. The molecular formula is C23H30N4O2S. The molecule has 0 N–H and O–H groups in total. The number of aryl methyl sites for hydroxylation is 3. The quantitative estimate of drug-likeness (QED) is 0.707. The average molecular weight is 427 g/mol. The second-order valence-electron chi connectivity index (χ2n) is 8.34. The predicted octanol–water partition coefficient (Wildman–Crippen LogP) is 2.80. The molecule has 1 atom stereocenters. The third-order valence-electron chi connectivity index (χ3n) is 6.25. The van der Waals surface area contributed by atoms with Crippen LogP contribution in [0.3, 0.4) is 0 Å².